The maximum absolute atomic E-state index is 13.8. The minimum Gasteiger partial charge on any atom is -0.288 e. The first-order chi connectivity index (χ1) is 11.3. The number of azo groups is 1. The summed E-state index contributed by atoms with van der Waals surface area (Å²) in [7, 11) is 0. The van der Waals surface area contributed by atoms with Crippen LogP contribution in [0.3, 0.4) is 0 Å². The van der Waals surface area contributed by atoms with Crippen molar-refractivity contribution in [2.45, 2.75) is 0 Å². The van der Waals surface area contributed by atoms with E-state index in [1.807, 2.05) is 30.3 Å². The van der Waals surface area contributed by atoms with Crippen molar-refractivity contribution >= 4 is 17.2 Å². The standard InChI is InChI=1S/C19H13FN2O/c20-17-12-6-4-10-15(17)19(23)16-11-5-7-13-18(16)22-21-14-8-2-1-3-9-14/h1-13H. The number of benzene rings is 3. The monoisotopic (exact) mass is 304 g/mol. The largest absolute Gasteiger partial charge is 0.288 e. The highest BCUT2D eigenvalue weighted by Gasteiger charge is 2.16. The number of rotatable bonds is 4. The summed E-state index contributed by atoms with van der Waals surface area (Å²) in [5.41, 5.74) is 1.43. The van der Waals surface area contributed by atoms with Crippen LogP contribution in [0.15, 0.2) is 89.1 Å². The average Bonchev–Trinajstić information content (AvgIpc) is 2.61. The summed E-state index contributed by atoms with van der Waals surface area (Å²) < 4.78 is 13.8. The van der Waals surface area contributed by atoms with E-state index < -0.39 is 11.6 Å². The highest BCUT2D eigenvalue weighted by Crippen LogP contribution is 2.25. The Kier molecular flexibility index (Phi) is 4.34. The Balaban J connectivity index is 1.97. The molecular formula is C19H13FN2O. The maximum Gasteiger partial charge on any atom is 0.198 e. The molecule has 0 spiro atoms. The number of carbonyl (C=O) groups excluding carboxylic acids is 1. The SMILES string of the molecule is O=C(c1ccccc1F)c1ccccc1N=Nc1ccccc1. The van der Waals surface area contributed by atoms with E-state index in [0.717, 1.165) is 0 Å². The van der Waals surface area contributed by atoms with Crippen LogP contribution >= 0.6 is 0 Å². The summed E-state index contributed by atoms with van der Waals surface area (Å²) in [5, 5.41) is 8.25. The molecule has 0 fully saturated rings. The first-order valence-electron chi connectivity index (χ1n) is 7.11. The maximum atomic E-state index is 13.8. The third-order valence-corrected chi connectivity index (χ3v) is 3.30. The molecule has 112 valence electrons. The molecule has 0 aliphatic heterocycles. The molecular weight excluding hydrogens is 291 g/mol. The first-order valence-corrected chi connectivity index (χ1v) is 7.11. The molecule has 4 heteroatoms. The molecule has 3 aromatic rings. The summed E-state index contributed by atoms with van der Waals surface area (Å²) in [4.78, 5) is 12.6. The van der Waals surface area contributed by atoms with Crippen LogP contribution in [-0.2, 0) is 0 Å². The van der Waals surface area contributed by atoms with Crippen LogP contribution in [0.4, 0.5) is 15.8 Å². The first kappa shape index (κ1) is 14.8. The Hall–Kier alpha value is -3.14. The molecule has 23 heavy (non-hydrogen) atoms. The molecule has 0 radical (unpaired) electrons. The van der Waals surface area contributed by atoms with Gasteiger partial charge in [-0.3, -0.25) is 4.79 Å². The highest BCUT2D eigenvalue weighted by molar-refractivity contribution is 6.12. The van der Waals surface area contributed by atoms with E-state index in [1.54, 1.807) is 36.4 Å². The summed E-state index contributed by atoms with van der Waals surface area (Å²) >= 11 is 0. The van der Waals surface area contributed by atoms with E-state index in [2.05, 4.69) is 10.2 Å². The fraction of sp³-hybridized carbons (Fsp3) is 0. The minimum absolute atomic E-state index is 0.0230. The van der Waals surface area contributed by atoms with Crippen LogP contribution < -0.4 is 0 Å². The van der Waals surface area contributed by atoms with Gasteiger partial charge in [0.2, 0.25) is 0 Å². The van der Waals surface area contributed by atoms with Crippen molar-refractivity contribution in [3.63, 3.8) is 0 Å². The van der Waals surface area contributed by atoms with Crippen molar-refractivity contribution in [2.24, 2.45) is 10.2 Å². The Morgan fingerprint density at radius 3 is 2.04 bits per heavy atom. The summed E-state index contributed by atoms with van der Waals surface area (Å²) in [6, 6.07) is 21.9. The van der Waals surface area contributed by atoms with Crippen LogP contribution in [0.25, 0.3) is 0 Å². The lowest BCUT2D eigenvalue weighted by molar-refractivity contribution is 0.103. The molecule has 3 rings (SSSR count). The van der Waals surface area contributed by atoms with E-state index in [0.29, 0.717) is 16.9 Å². The van der Waals surface area contributed by atoms with Gasteiger partial charge in [0.15, 0.2) is 5.78 Å². The number of nitrogens with zero attached hydrogens (tertiary/aromatic N) is 2. The van der Waals surface area contributed by atoms with Gasteiger partial charge in [-0.15, -0.1) is 5.11 Å². The van der Waals surface area contributed by atoms with Gasteiger partial charge in [-0.2, -0.15) is 5.11 Å². The van der Waals surface area contributed by atoms with Gasteiger partial charge in [-0.25, -0.2) is 4.39 Å². The predicted molar refractivity (Wildman–Crippen MR) is 86.9 cm³/mol. The van der Waals surface area contributed by atoms with Gasteiger partial charge in [0.25, 0.3) is 0 Å². The number of carbonyl (C=O) groups is 1. The molecule has 0 unspecified atom stereocenters. The van der Waals surface area contributed by atoms with Gasteiger partial charge in [0, 0.05) is 0 Å². The molecule has 0 aliphatic rings. The number of halogens is 1. The van der Waals surface area contributed by atoms with E-state index in [1.165, 1.54) is 12.1 Å². The van der Waals surface area contributed by atoms with Crippen LogP contribution in [0.2, 0.25) is 0 Å². The van der Waals surface area contributed by atoms with Gasteiger partial charge in [-0.05, 0) is 36.4 Å². The van der Waals surface area contributed by atoms with E-state index in [-0.39, 0.29) is 5.56 Å². The zero-order chi connectivity index (χ0) is 16.1. The second-order valence-electron chi connectivity index (χ2n) is 4.86. The molecule has 0 heterocycles. The molecule has 0 saturated carbocycles. The van der Waals surface area contributed by atoms with E-state index in [4.69, 9.17) is 0 Å². The average molecular weight is 304 g/mol. The van der Waals surface area contributed by atoms with Gasteiger partial charge in [-0.1, -0.05) is 42.5 Å². The molecule has 3 nitrogen and oxygen atoms in total. The zero-order valence-corrected chi connectivity index (χ0v) is 12.2. The van der Waals surface area contributed by atoms with Gasteiger partial charge >= 0.3 is 0 Å². The molecule has 0 aliphatic carbocycles. The fourth-order valence-electron chi connectivity index (χ4n) is 2.15. The lowest BCUT2D eigenvalue weighted by Gasteiger charge is -2.05. The van der Waals surface area contributed by atoms with E-state index >= 15 is 0 Å². The number of ketones is 1. The van der Waals surface area contributed by atoms with Crippen LogP contribution in [0.5, 0.6) is 0 Å². The topological polar surface area (TPSA) is 41.8 Å². The smallest absolute Gasteiger partial charge is 0.198 e. The van der Waals surface area contributed by atoms with Crippen molar-refractivity contribution in [1.82, 2.24) is 0 Å². The molecule has 0 aromatic heterocycles. The highest BCUT2D eigenvalue weighted by atomic mass is 19.1. The van der Waals surface area contributed by atoms with Crippen molar-refractivity contribution in [2.75, 3.05) is 0 Å². The molecule has 0 amide bonds. The third kappa shape index (κ3) is 3.37. The second-order valence-corrected chi connectivity index (χ2v) is 4.86. The molecule has 0 saturated heterocycles. The number of hydrogen-bond acceptors (Lipinski definition) is 3. The fourth-order valence-corrected chi connectivity index (χ4v) is 2.15. The lowest BCUT2D eigenvalue weighted by Crippen LogP contribution is -2.04. The second kappa shape index (κ2) is 6.75. The van der Waals surface area contributed by atoms with Crippen molar-refractivity contribution in [1.29, 1.82) is 0 Å². The Morgan fingerprint density at radius 1 is 0.696 bits per heavy atom. The predicted octanol–water partition coefficient (Wildman–Crippen LogP) is 5.47. The third-order valence-electron chi connectivity index (χ3n) is 3.30. The molecule has 0 N–H and O–H groups in total. The Bertz CT molecular complexity index is 860. The van der Waals surface area contributed by atoms with E-state index in [9.17, 15) is 9.18 Å². The number of hydrogen-bond donors (Lipinski definition) is 0. The van der Waals surface area contributed by atoms with Crippen LogP contribution in [0, 0.1) is 5.82 Å². The summed E-state index contributed by atoms with van der Waals surface area (Å²) in [6.45, 7) is 0. The minimum atomic E-state index is -0.549. The van der Waals surface area contributed by atoms with Gasteiger partial charge < -0.3 is 0 Å². The van der Waals surface area contributed by atoms with Crippen LogP contribution in [0.1, 0.15) is 15.9 Å². The van der Waals surface area contributed by atoms with Gasteiger partial charge in [0.1, 0.15) is 5.82 Å². The molecule has 0 atom stereocenters. The summed E-state index contributed by atoms with van der Waals surface area (Å²) in [5.74, 6) is -0.960. The Labute approximate surface area is 133 Å². The van der Waals surface area contributed by atoms with Crippen molar-refractivity contribution < 1.29 is 9.18 Å². The van der Waals surface area contributed by atoms with Crippen LogP contribution in [-0.4, -0.2) is 5.78 Å². The quantitative estimate of drug-likeness (QED) is 0.465. The lowest BCUT2D eigenvalue weighted by atomic mass is 10.0. The van der Waals surface area contributed by atoms with Crippen molar-refractivity contribution in [3.8, 4) is 0 Å². The summed E-state index contributed by atoms with van der Waals surface area (Å²) in [6.07, 6.45) is 0. The molecule has 3 aromatic carbocycles. The van der Waals surface area contributed by atoms with Crippen molar-refractivity contribution in [3.05, 3.63) is 95.8 Å². The molecule has 0 bridgehead atoms. The zero-order valence-electron chi connectivity index (χ0n) is 12.2. The van der Waals surface area contributed by atoms with Gasteiger partial charge in [0.05, 0.1) is 22.5 Å². The normalized spacial score (nSPS) is 10.8. The Morgan fingerprint density at radius 2 is 1.30 bits per heavy atom.